The maximum Gasteiger partial charge on any atom is 0.228 e. The molecule has 1 aliphatic heterocycles. The van der Waals surface area contributed by atoms with Crippen molar-refractivity contribution in [2.45, 2.75) is 38.5 Å². The monoisotopic (exact) mass is 442 g/mol. The van der Waals surface area contributed by atoms with Gasteiger partial charge in [-0.25, -0.2) is 0 Å². The zero-order valence-corrected chi connectivity index (χ0v) is 18.7. The summed E-state index contributed by atoms with van der Waals surface area (Å²) in [7, 11) is 0. The number of anilines is 1. The number of rotatable bonds is 3. The molecule has 1 amide bonds. The predicted octanol–water partition coefficient (Wildman–Crippen LogP) is 4.72. The highest BCUT2D eigenvalue weighted by Crippen LogP contribution is 2.60. The molecule has 7 heteroatoms. The van der Waals surface area contributed by atoms with Gasteiger partial charge in [0.25, 0.3) is 0 Å². The lowest BCUT2D eigenvalue weighted by Gasteiger charge is -2.57. The summed E-state index contributed by atoms with van der Waals surface area (Å²) < 4.78 is 0. The van der Waals surface area contributed by atoms with Gasteiger partial charge in [0.2, 0.25) is 11.0 Å². The summed E-state index contributed by atoms with van der Waals surface area (Å²) in [5.74, 6) is 2.89. The first-order valence-electron chi connectivity index (χ1n) is 11.2. The van der Waals surface area contributed by atoms with Crippen LogP contribution in [0.1, 0.15) is 38.5 Å². The van der Waals surface area contributed by atoms with E-state index in [0.717, 1.165) is 78.9 Å². The number of hydrogen-bond donors (Lipinski definition) is 0. The number of hydrogen-bond acceptors (Lipinski definition) is 5. The van der Waals surface area contributed by atoms with Crippen molar-refractivity contribution in [2.75, 3.05) is 31.1 Å². The molecule has 7 rings (SSSR count). The lowest BCUT2D eigenvalue weighted by Crippen LogP contribution is -2.58. The quantitative estimate of drug-likeness (QED) is 0.689. The molecule has 4 aliphatic carbocycles. The minimum atomic E-state index is -0.0309. The number of carbonyl (C=O) groups excluding carboxylic acids is 1. The fraction of sp³-hybridized carbons (Fsp3) is 0.609. The second-order valence-electron chi connectivity index (χ2n) is 9.85. The van der Waals surface area contributed by atoms with Gasteiger partial charge in [0.1, 0.15) is 0 Å². The zero-order valence-electron chi connectivity index (χ0n) is 17.1. The Labute approximate surface area is 186 Å². The van der Waals surface area contributed by atoms with Crippen LogP contribution in [0, 0.1) is 23.2 Å². The van der Waals surface area contributed by atoms with Crippen LogP contribution in [0.2, 0.25) is 5.02 Å². The third-order valence-corrected chi connectivity index (χ3v) is 9.19. The summed E-state index contributed by atoms with van der Waals surface area (Å²) in [6.45, 7) is 3.24. The SMILES string of the molecule is O=C(N1CCN(c2nnc(-c3ccccc3Cl)s2)CC1)C12CC3CC(CC(C3)C1)C2. The number of halogens is 1. The van der Waals surface area contributed by atoms with Crippen molar-refractivity contribution in [3.63, 3.8) is 0 Å². The normalized spacial score (nSPS) is 32.6. The molecule has 0 unspecified atom stereocenters. The molecule has 0 spiro atoms. The number of nitrogens with zero attached hydrogens (tertiary/aromatic N) is 4. The van der Waals surface area contributed by atoms with Crippen LogP contribution >= 0.6 is 22.9 Å². The Kier molecular flexibility index (Phi) is 4.57. The Morgan fingerprint density at radius 3 is 2.23 bits per heavy atom. The third-order valence-electron chi connectivity index (χ3n) is 7.85. The summed E-state index contributed by atoms with van der Waals surface area (Å²) in [6.07, 6.45) is 7.59. The lowest BCUT2D eigenvalue weighted by atomic mass is 9.49. The topological polar surface area (TPSA) is 49.3 Å². The Morgan fingerprint density at radius 2 is 1.60 bits per heavy atom. The van der Waals surface area contributed by atoms with Gasteiger partial charge in [0.15, 0.2) is 5.01 Å². The largest absolute Gasteiger partial charge is 0.343 e. The molecule has 1 aromatic heterocycles. The van der Waals surface area contributed by atoms with Gasteiger partial charge < -0.3 is 9.80 Å². The molecule has 0 N–H and O–H groups in total. The summed E-state index contributed by atoms with van der Waals surface area (Å²) in [4.78, 5) is 18.0. The summed E-state index contributed by atoms with van der Waals surface area (Å²) in [5, 5.41) is 11.3. The van der Waals surface area contributed by atoms with Gasteiger partial charge in [-0.1, -0.05) is 41.1 Å². The summed E-state index contributed by atoms with van der Waals surface area (Å²) in [6, 6.07) is 7.76. The number of carbonyl (C=O) groups is 1. The fourth-order valence-electron chi connectivity index (χ4n) is 6.90. The van der Waals surface area contributed by atoms with Crippen molar-refractivity contribution >= 4 is 34.0 Å². The van der Waals surface area contributed by atoms with E-state index in [0.29, 0.717) is 10.9 Å². The molecule has 1 aromatic carbocycles. The molecule has 158 valence electrons. The molecular formula is C23H27ClN4OS. The second-order valence-corrected chi connectivity index (χ2v) is 11.2. The molecule has 4 bridgehead atoms. The van der Waals surface area contributed by atoms with Crippen LogP contribution in [0.25, 0.3) is 10.6 Å². The standard InChI is InChI=1S/C23H27ClN4OS/c24-19-4-2-1-3-18(19)20-25-26-22(30-20)28-7-5-27(6-8-28)21(29)23-12-15-9-16(13-23)11-17(10-15)14-23/h1-4,15-17H,5-14H2. The van der Waals surface area contributed by atoms with Crippen molar-refractivity contribution in [2.24, 2.45) is 23.2 Å². The molecule has 2 aromatic rings. The smallest absolute Gasteiger partial charge is 0.228 e. The Bertz CT molecular complexity index is 932. The molecule has 5 nitrogen and oxygen atoms in total. The Hall–Kier alpha value is -1.66. The van der Waals surface area contributed by atoms with Gasteiger partial charge >= 0.3 is 0 Å². The van der Waals surface area contributed by atoms with Crippen molar-refractivity contribution in [1.29, 1.82) is 0 Å². The average Bonchev–Trinajstić information content (AvgIpc) is 3.23. The van der Waals surface area contributed by atoms with E-state index in [-0.39, 0.29) is 5.41 Å². The van der Waals surface area contributed by atoms with E-state index in [1.807, 2.05) is 24.3 Å². The maximum absolute atomic E-state index is 13.6. The molecule has 1 saturated heterocycles. The highest BCUT2D eigenvalue weighted by atomic mass is 35.5. The Balaban J connectivity index is 1.13. The van der Waals surface area contributed by atoms with Crippen LogP contribution in [0.3, 0.4) is 0 Å². The van der Waals surface area contributed by atoms with Crippen LogP contribution in [0.5, 0.6) is 0 Å². The van der Waals surface area contributed by atoms with Gasteiger partial charge in [0.05, 0.1) is 10.4 Å². The van der Waals surface area contributed by atoms with Crippen molar-refractivity contribution in [3.8, 4) is 10.6 Å². The molecular weight excluding hydrogens is 416 g/mol. The van der Waals surface area contributed by atoms with E-state index in [4.69, 9.17) is 11.6 Å². The van der Waals surface area contributed by atoms with Crippen LogP contribution in [-0.4, -0.2) is 47.2 Å². The fourth-order valence-corrected chi connectivity index (χ4v) is 8.11. The number of benzene rings is 1. The number of amides is 1. The van der Waals surface area contributed by atoms with Crippen molar-refractivity contribution in [3.05, 3.63) is 29.3 Å². The van der Waals surface area contributed by atoms with E-state index in [1.54, 1.807) is 11.3 Å². The maximum atomic E-state index is 13.6. The van der Waals surface area contributed by atoms with Gasteiger partial charge in [-0.2, -0.15) is 0 Å². The average molecular weight is 443 g/mol. The second kappa shape index (κ2) is 7.20. The third kappa shape index (κ3) is 3.14. The molecule has 5 fully saturated rings. The first-order valence-corrected chi connectivity index (χ1v) is 12.4. The molecule has 30 heavy (non-hydrogen) atoms. The lowest BCUT2D eigenvalue weighted by molar-refractivity contribution is -0.158. The minimum Gasteiger partial charge on any atom is -0.343 e. The summed E-state index contributed by atoms with van der Waals surface area (Å²) >= 11 is 7.90. The van der Waals surface area contributed by atoms with E-state index in [9.17, 15) is 4.79 Å². The predicted molar refractivity (Wildman–Crippen MR) is 120 cm³/mol. The van der Waals surface area contributed by atoms with Crippen LogP contribution in [0.4, 0.5) is 5.13 Å². The number of piperazine rings is 1. The minimum absolute atomic E-state index is 0.0309. The van der Waals surface area contributed by atoms with E-state index < -0.39 is 0 Å². The highest BCUT2D eigenvalue weighted by Gasteiger charge is 2.55. The van der Waals surface area contributed by atoms with E-state index in [1.165, 1.54) is 19.3 Å². The van der Waals surface area contributed by atoms with Crippen LogP contribution < -0.4 is 4.90 Å². The van der Waals surface area contributed by atoms with Gasteiger partial charge in [-0.3, -0.25) is 4.79 Å². The van der Waals surface area contributed by atoms with Gasteiger partial charge in [-0.05, 0) is 62.3 Å². The van der Waals surface area contributed by atoms with Gasteiger partial charge in [0, 0.05) is 31.7 Å². The molecule has 0 radical (unpaired) electrons. The molecule has 5 aliphatic rings. The zero-order chi connectivity index (χ0) is 20.3. The van der Waals surface area contributed by atoms with E-state index >= 15 is 0 Å². The highest BCUT2D eigenvalue weighted by molar-refractivity contribution is 7.18. The van der Waals surface area contributed by atoms with Gasteiger partial charge in [-0.15, -0.1) is 10.2 Å². The molecule has 0 atom stereocenters. The van der Waals surface area contributed by atoms with E-state index in [2.05, 4.69) is 20.0 Å². The summed E-state index contributed by atoms with van der Waals surface area (Å²) in [5.41, 5.74) is 0.898. The number of aromatic nitrogens is 2. The first-order chi connectivity index (χ1) is 14.6. The first kappa shape index (κ1) is 19.1. The van der Waals surface area contributed by atoms with Crippen molar-refractivity contribution in [1.82, 2.24) is 15.1 Å². The Morgan fingerprint density at radius 1 is 0.967 bits per heavy atom. The van der Waals surface area contributed by atoms with Crippen molar-refractivity contribution < 1.29 is 4.79 Å². The van der Waals surface area contributed by atoms with Crippen LogP contribution in [0.15, 0.2) is 24.3 Å². The molecule has 4 saturated carbocycles. The molecule has 2 heterocycles. The van der Waals surface area contributed by atoms with Crippen LogP contribution in [-0.2, 0) is 4.79 Å².